The van der Waals surface area contributed by atoms with Gasteiger partial charge in [0.1, 0.15) is 13.3 Å². The number of nitrogens with one attached hydrogen (secondary N) is 1. The van der Waals surface area contributed by atoms with Gasteiger partial charge in [-0.3, -0.25) is 9.69 Å². The molecule has 1 aromatic rings. The molecule has 1 saturated carbocycles. The summed E-state index contributed by atoms with van der Waals surface area (Å²) in [7, 11) is -3.68. The Kier molecular flexibility index (Phi) is 9.66. The van der Waals surface area contributed by atoms with Crippen LogP contribution in [0, 0.1) is 5.82 Å². The van der Waals surface area contributed by atoms with Gasteiger partial charge in [-0.15, -0.1) is 0 Å². The van der Waals surface area contributed by atoms with E-state index in [2.05, 4.69) is 4.72 Å². The molecule has 10 nitrogen and oxygen atoms in total. The van der Waals surface area contributed by atoms with Gasteiger partial charge in [0.15, 0.2) is 11.6 Å². The summed E-state index contributed by atoms with van der Waals surface area (Å²) in [5, 5.41) is 8.93. The molecule has 1 atom stereocenters. The number of amides is 2. The Morgan fingerprint density at radius 2 is 2.03 bits per heavy atom. The van der Waals surface area contributed by atoms with Crippen LogP contribution < -0.4 is 15.2 Å². The molecule has 4 N–H and O–H groups in total. The summed E-state index contributed by atoms with van der Waals surface area (Å²) in [5.74, 6) is -1.45. The van der Waals surface area contributed by atoms with Crippen molar-refractivity contribution in [2.24, 2.45) is 5.73 Å². The topological polar surface area (TPSA) is 148 Å². The number of carbonyl (C=O) groups excluding carboxylic acids is 1. The zero-order valence-corrected chi connectivity index (χ0v) is 18.8. The van der Waals surface area contributed by atoms with Gasteiger partial charge in [0.05, 0.1) is 11.9 Å². The third-order valence-electron chi connectivity index (χ3n) is 4.97. The lowest BCUT2D eigenvalue weighted by molar-refractivity contribution is -0.120. The molecule has 12 heteroatoms. The second-order valence-electron chi connectivity index (χ2n) is 7.71. The van der Waals surface area contributed by atoms with Gasteiger partial charge in [-0.2, -0.15) is 0 Å². The van der Waals surface area contributed by atoms with Crippen LogP contribution in [0.4, 0.5) is 9.18 Å². The van der Waals surface area contributed by atoms with Crippen LogP contribution in [-0.4, -0.2) is 62.2 Å². The zero-order chi connectivity index (χ0) is 23.7. The molecule has 0 aliphatic heterocycles. The van der Waals surface area contributed by atoms with E-state index in [1.807, 2.05) is 0 Å². The first kappa shape index (κ1) is 25.8. The number of halogens is 1. The number of benzene rings is 1. The quantitative estimate of drug-likeness (QED) is 0.292. The van der Waals surface area contributed by atoms with Crippen LogP contribution in [0.5, 0.6) is 5.75 Å². The Labute approximate surface area is 186 Å². The Morgan fingerprint density at radius 1 is 1.34 bits per heavy atom. The molecule has 180 valence electrons. The molecule has 2 amide bonds. The predicted octanol–water partition coefficient (Wildman–Crippen LogP) is 1.96. The highest BCUT2D eigenvalue weighted by Crippen LogP contribution is 2.28. The van der Waals surface area contributed by atoms with E-state index in [0.717, 1.165) is 25.7 Å². The predicted molar refractivity (Wildman–Crippen MR) is 114 cm³/mol. The van der Waals surface area contributed by atoms with Crippen molar-refractivity contribution in [3.8, 4) is 5.75 Å². The Morgan fingerprint density at radius 3 is 2.66 bits per heavy atom. The molecule has 0 radical (unpaired) electrons. The molecular formula is C20H30FN3O7S. The van der Waals surface area contributed by atoms with Crippen molar-refractivity contribution in [1.82, 2.24) is 9.62 Å². The monoisotopic (exact) mass is 475 g/mol. The minimum Gasteiger partial charge on any atom is -0.487 e. The molecule has 1 aliphatic carbocycles. The maximum absolute atomic E-state index is 14.1. The highest BCUT2D eigenvalue weighted by molar-refractivity contribution is 7.89. The number of nitrogens with two attached hydrogens (primary N) is 1. The van der Waals surface area contributed by atoms with E-state index < -0.39 is 47.2 Å². The van der Waals surface area contributed by atoms with Gasteiger partial charge >= 0.3 is 6.09 Å². The summed E-state index contributed by atoms with van der Waals surface area (Å²) < 4.78 is 52.2. The zero-order valence-electron chi connectivity index (χ0n) is 18.0. The fourth-order valence-electron chi connectivity index (χ4n) is 3.34. The van der Waals surface area contributed by atoms with Crippen LogP contribution in [0.15, 0.2) is 18.2 Å². The summed E-state index contributed by atoms with van der Waals surface area (Å²) >= 11 is 0. The van der Waals surface area contributed by atoms with Crippen molar-refractivity contribution in [2.75, 3.05) is 25.6 Å². The SMILES string of the molecule is CC(NS(=O)(=O)CCCOCN(CC(N)=O)C(=O)O)c1ccc(F)c(OC2CCCC2)c1. The Balaban J connectivity index is 1.82. The van der Waals surface area contributed by atoms with Crippen LogP contribution >= 0.6 is 0 Å². The summed E-state index contributed by atoms with van der Waals surface area (Å²) in [6.45, 7) is 0.696. The van der Waals surface area contributed by atoms with Crippen molar-refractivity contribution in [3.63, 3.8) is 0 Å². The number of ether oxygens (including phenoxy) is 2. The number of primary amides is 1. The molecule has 0 heterocycles. The van der Waals surface area contributed by atoms with Crippen molar-refractivity contribution >= 4 is 22.0 Å². The van der Waals surface area contributed by atoms with E-state index >= 15 is 0 Å². The van der Waals surface area contributed by atoms with Gasteiger partial charge in [0, 0.05) is 12.6 Å². The number of sulfonamides is 1. The van der Waals surface area contributed by atoms with E-state index in [1.54, 1.807) is 6.92 Å². The van der Waals surface area contributed by atoms with E-state index in [-0.39, 0.29) is 30.6 Å². The molecule has 0 spiro atoms. The second kappa shape index (κ2) is 12.0. The van der Waals surface area contributed by atoms with E-state index in [1.165, 1.54) is 18.2 Å². The molecule has 0 aromatic heterocycles. The number of carboxylic acid groups (broad SMARTS) is 1. The van der Waals surface area contributed by atoms with Gasteiger partial charge in [-0.1, -0.05) is 6.07 Å². The maximum atomic E-state index is 14.1. The molecule has 0 bridgehead atoms. The Hall–Kier alpha value is -2.44. The standard InChI is InChI=1S/C20H30FN3O7S/c1-14(15-7-8-17(21)18(11-15)31-16-5-2-3-6-16)23-32(28,29)10-4-9-30-13-24(20(26)27)12-19(22)25/h7-8,11,14,16,23H,2-6,9-10,12-13H2,1H3,(H2,22,25)(H,26,27). The van der Waals surface area contributed by atoms with Gasteiger partial charge in [0.25, 0.3) is 0 Å². The van der Waals surface area contributed by atoms with Crippen LogP contribution in [0.3, 0.4) is 0 Å². The molecule has 1 aliphatic rings. The van der Waals surface area contributed by atoms with Crippen LogP contribution in [-0.2, 0) is 19.6 Å². The third kappa shape index (κ3) is 8.60. The summed E-state index contributed by atoms with van der Waals surface area (Å²) in [6, 6.07) is 3.68. The van der Waals surface area contributed by atoms with Crippen LogP contribution in [0.25, 0.3) is 0 Å². The lowest BCUT2D eigenvalue weighted by atomic mass is 10.1. The molecule has 1 fully saturated rings. The fourth-order valence-corrected chi connectivity index (χ4v) is 4.63. The van der Waals surface area contributed by atoms with Crippen LogP contribution in [0.1, 0.15) is 50.6 Å². The van der Waals surface area contributed by atoms with E-state index in [4.69, 9.17) is 20.3 Å². The summed E-state index contributed by atoms with van der Waals surface area (Å²) in [4.78, 5) is 22.5. The van der Waals surface area contributed by atoms with E-state index in [0.29, 0.717) is 10.5 Å². The first-order valence-corrected chi connectivity index (χ1v) is 12.0. The first-order chi connectivity index (χ1) is 15.1. The minimum atomic E-state index is -3.68. The lowest BCUT2D eigenvalue weighted by Crippen LogP contribution is -2.39. The molecular weight excluding hydrogens is 445 g/mol. The van der Waals surface area contributed by atoms with Crippen molar-refractivity contribution in [1.29, 1.82) is 0 Å². The lowest BCUT2D eigenvalue weighted by Gasteiger charge is -2.19. The van der Waals surface area contributed by atoms with Crippen molar-refractivity contribution in [2.45, 2.75) is 51.2 Å². The maximum Gasteiger partial charge on any atom is 0.409 e. The molecule has 2 rings (SSSR count). The molecule has 1 aromatic carbocycles. The van der Waals surface area contributed by atoms with Gasteiger partial charge in [-0.05, 0) is 56.7 Å². The molecule has 1 unspecified atom stereocenters. The van der Waals surface area contributed by atoms with Crippen LogP contribution in [0.2, 0.25) is 0 Å². The highest BCUT2D eigenvalue weighted by atomic mass is 32.2. The number of carbonyl (C=O) groups is 2. The third-order valence-corrected chi connectivity index (χ3v) is 6.51. The summed E-state index contributed by atoms with van der Waals surface area (Å²) in [5.41, 5.74) is 5.53. The number of hydrogen-bond acceptors (Lipinski definition) is 6. The number of rotatable bonds is 13. The Bertz CT molecular complexity index is 891. The highest BCUT2D eigenvalue weighted by Gasteiger charge is 2.21. The second-order valence-corrected chi connectivity index (χ2v) is 9.58. The van der Waals surface area contributed by atoms with Crippen molar-refractivity contribution < 1.29 is 37.0 Å². The number of hydrogen-bond donors (Lipinski definition) is 3. The van der Waals surface area contributed by atoms with Gasteiger partial charge in [-0.25, -0.2) is 22.3 Å². The number of nitrogens with zero attached hydrogens (tertiary/aromatic N) is 1. The molecule has 32 heavy (non-hydrogen) atoms. The molecule has 0 saturated heterocycles. The fraction of sp³-hybridized carbons (Fsp3) is 0.600. The average Bonchev–Trinajstić information content (AvgIpc) is 3.20. The minimum absolute atomic E-state index is 0.0215. The van der Waals surface area contributed by atoms with Gasteiger partial charge in [0.2, 0.25) is 15.9 Å². The normalized spacial score (nSPS) is 15.4. The first-order valence-electron chi connectivity index (χ1n) is 10.4. The average molecular weight is 476 g/mol. The van der Waals surface area contributed by atoms with E-state index in [9.17, 15) is 22.4 Å². The van der Waals surface area contributed by atoms with Gasteiger partial charge < -0.3 is 20.3 Å². The summed E-state index contributed by atoms with van der Waals surface area (Å²) in [6.07, 6.45) is 2.55. The smallest absolute Gasteiger partial charge is 0.409 e. The largest absolute Gasteiger partial charge is 0.487 e. The van der Waals surface area contributed by atoms with Crippen molar-refractivity contribution in [3.05, 3.63) is 29.6 Å².